The summed E-state index contributed by atoms with van der Waals surface area (Å²) in [4.78, 5) is 19.1. The van der Waals surface area contributed by atoms with E-state index in [1.807, 2.05) is 25.3 Å². The minimum Gasteiger partial charge on any atom is -0.456 e. The van der Waals surface area contributed by atoms with Crippen LogP contribution in [0.3, 0.4) is 0 Å². The molecule has 0 saturated carbocycles. The summed E-state index contributed by atoms with van der Waals surface area (Å²) in [5.74, 6) is 2.68. The summed E-state index contributed by atoms with van der Waals surface area (Å²) in [5.41, 5.74) is 6.45. The smallest absolute Gasteiger partial charge is 0.149 e. The molecule has 0 bridgehead atoms. The normalized spacial score (nSPS) is 18.9. The van der Waals surface area contributed by atoms with Gasteiger partial charge < -0.3 is 9.64 Å². The Morgan fingerprint density at radius 1 is 1.16 bits per heavy atom. The van der Waals surface area contributed by atoms with Crippen LogP contribution in [0.2, 0.25) is 0 Å². The minimum atomic E-state index is 0.131. The first-order chi connectivity index (χ1) is 15.0. The molecule has 1 aromatic rings. The Morgan fingerprint density at radius 2 is 1.84 bits per heavy atom. The second-order valence-electron chi connectivity index (χ2n) is 10.9. The third-order valence-electron chi connectivity index (χ3n) is 7.23. The average Bonchev–Trinajstić information content (AvgIpc) is 2.74. The van der Waals surface area contributed by atoms with Crippen molar-refractivity contribution in [3.05, 3.63) is 45.7 Å². The van der Waals surface area contributed by atoms with E-state index in [-0.39, 0.29) is 5.41 Å². The van der Waals surface area contributed by atoms with Crippen molar-refractivity contribution >= 4 is 18.3 Å². The van der Waals surface area contributed by atoms with E-state index in [0.29, 0.717) is 17.8 Å². The minimum absolute atomic E-state index is 0.131. The zero-order valence-corrected chi connectivity index (χ0v) is 21.4. The fourth-order valence-corrected chi connectivity index (χ4v) is 4.55. The topological polar surface area (TPSA) is 41.9 Å². The number of rotatable bonds is 7. The van der Waals surface area contributed by atoms with Gasteiger partial charge in [-0.25, -0.2) is 4.99 Å². The molecule has 1 aliphatic heterocycles. The molecule has 4 nitrogen and oxygen atoms in total. The van der Waals surface area contributed by atoms with Crippen molar-refractivity contribution in [1.82, 2.24) is 4.90 Å². The summed E-state index contributed by atoms with van der Waals surface area (Å²) in [6, 6.07) is 4.51. The van der Waals surface area contributed by atoms with E-state index in [1.165, 1.54) is 11.1 Å². The maximum absolute atomic E-state index is 12.2. The van der Waals surface area contributed by atoms with Gasteiger partial charge in [0.05, 0.1) is 12.0 Å². The number of hydrogen-bond acceptors (Lipinski definition) is 3. The van der Waals surface area contributed by atoms with Crippen LogP contribution in [0, 0.1) is 11.3 Å². The first kappa shape index (κ1) is 24.3. The van der Waals surface area contributed by atoms with Crippen molar-refractivity contribution in [3.8, 4) is 5.75 Å². The maximum Gasteiger partial charge on any atom is 0.149 e. The van der Waals surface area contributed by atoms with E-state index in [9.17, 15) is 4.79 Å². The summed E-state index contributed by atoms with van der Waals surface area (Å²) in [5, 5.41) is 0. The molecule has 0 spiro atoms. The highest BCUT2D eigenvalue weighted by atomic mass is 16.5. The third-order valence-corrected chi connectivity index (χ3v) is 7.23. The predicted molar refractivity (Wildman–Crippen MR) is 134 cm³/mol. The van der Waals surface area contributed by atoms with Gasteiger partial charge in [0.25, 0.3) is 0 Å². The quantitative estimate of drug-likeness (QED) is 0.264. The van der Waals surface area contributed by atoms with Crippen LogP contribution >= 0.6 is 0 Å². The van der Waals surface area contributed by atoms with Gasteiger partial charge in [-0.1, -0.05) is 61.0 Å². The first-order valence-electron chi connectivity index (χ1n) is 12.0. The Bertz CT molecular complexity index is 977. The zero-order chi connectivity index (χ0) is 23.8. The number of aldehydes is 1. The fourth-order valence-electron chi connectivity index (χ4n) is 4.55. The molecular weight excluding hydrogens is 396 g/mol. The van der Waals surface area contributed by atoms with Gasteiger partial charge in [0.15, 0.2) is 0 Å². The van der Waals surface area contributed by atoms with Gasteiger partial charge in [-0.15, -0.1) is 0 Å². The largest absolute Gasteiger partial charge is 0.456 e. The van der Waals surface area contributed by atoms with E-state index in [2.05, 4.69) is 60.6 Å². The van der Waals surface area contributed by atoms with Crippen molar-refractivity contribution in [2.45, 2.75) is 79.6 Å². The number of benzene rings is 1. The lowest BCUT2D eigenvalue weighted by atomic mass is 9.67. The molecule has 1 heterocycles. The number of carbonyl (C=O) groups excluding carboxylic acids is 1. The highest BCUT2D eigenvalue weighted by Gasteiger charge is 2.39. The average molecular weight is 437 g/mol. The maximum atomic E-state index is 12.2. The highest BCUT2D eigenvalue weighted by molar-refractivity contribution is 5.87. The number of carbonyl (C=O) groups is 1. The van der Waals surface area contributed by atoms with Crippen LogP contribution in [0.25, 0.3) is 5.70 Å². The molecule has 1 aliphatic carbocycles. The molecule has 3 rings (SSSR count). The summed E-state index contributed by atoms with van der Waals surface area (Å²) in [7, 11) is 3.97. The Hall–Kier alpha value is -2.36. The van der Waals surface area contributed by atoms with E-state index in [4.69, 9.17) is 9.73 Å². The van der Waals surface area contributed by atoms with E-state index >= 15 is 0 Å². The number of aliphatic imine (C=N–C) groups is 1. The number of allylic oxidation sites excluding steroid dienone is 2. The SMILES string of the molecule is CCC(C)(C)C1CC(C=O)=C2Oc3c(cc(C(C)C)cc3C(C)C)C(N=CN(C)C)=C2C1. The van der Waals surface area contributed by atoms with Crippen molar-refractivity contribution in [2.75, 3.05) is 14.1 Å². The first-order valence-corrected chi connectivity index (χ1v) is 12.0. The molecule has 2 aliphatic rings. The molecule has 0 amide bonds. The van der Waals surface area contributed by atoms with Gasteiger partial charge >= 0.3 is 0 Å². The van der Waals surface area contributed by atoms with Crippen molar-refractivity contribution in [3.63, 3.8) is 0 Å². The lowest BCUT2D eigenvalue weighted by molar-refractivity contribution is -0.105. The monoisotopic (exact) mass is 436 g/mol. The Labute approximate surface area is 194 Å². The van der Waals surface area contributed by atoms with Gasteiger partial charge in [0.2, 0.25) is 0 Å². The fraction of sp³-hybridized carbons (Fsp3) is 0.571. The molecule has 0 fully saturated rings. The summed E-state index contributed by atoms with van der Waals surface area (Å²) in [6.07, 6.45) is 5.56. The summed E-state index contributed by atoms with van der Waals surface area (Å²) >= 11 is 0. The molecular formula is C28H40N2O2. The van der Waals surface area contributed by atoms with Gasteiger partial charge in [0.1, 0.15) is 17.8 Å². The van der Waals surface area contributed by atoms with E-state index in [0.717, 1.165) is 59.5 Å². The van der Waals surface area contributed by atoms with Crippen LogP contribution in [0.1, 0.15) is 96.3 Å². The molecule has 174 valence electrons. The van der Waals surface area contributed by atoms with Gasteiger partial charge in [0, 0.05) is 30.8 Å². The molecule has 32 heavy (non-hydrogen) atoms. The summed E-state index contributed by atoms with van der Waals surface area (Å²) in [6.45, 7) is 15.7. The number of nitrogens with zero attached hydrogens (tertiary/aromatic N) is 2. The molecule has 4 heteroatoms. The summed E-state index contributed by atoms with van der Waals surface area (Å²) < 4.78 is 6.60. The van der Waals surface area contributed by atoms with Crippen LogP contribution in [0.15, 0.2) is 34.0 Å². The lowest BCUT2D eigenvalue weighted by Gasteiger charge is -2.40. The van der Waals surface area contributed by atoms with Crippen LogP contribution < -0.4 is 4.74 Å². The number of fused-ring (bicyclic) bond motifs is 2. The van der Waals surface area contributed by atoms with Crippen LogP contribution in [0.4, 0.5) is 0 Å². The molecule has 0 saturated heterocycles. The van der Waals surface area contributed by atoms with Crippen molar-refractivity contribution in [2.24, 2.45) is 16.3 Å². The molecule has 0 N–H and O–H groups in total. The van der Waals surface area contributed by atoms with Gasteiger partial charge in [-0.3, -0.25) is 4.79 Å². The zero-order valence-electron chi connectivity index (χ0n) is 21.4. The highest BCUT2D eigenvalue weighted by Crippen LogP contribution is 2.51. The molecule has 0 radical (unpaired) electrons. The second-order valence-corrected chi connectivity index (χ2v) is 10.9. The molecule has 0 aromatic heterocycles. The number of ether oxygens (including phenoxy) is 1. The Balaban J connectivity index is 2.35. The van der Waals surface area contributed by atoms with Crippen LogP contribution in [0.5, 0.6) is 5.75 Å². The Kier molecular flexibility index (Phi) is 7.02. The van der Waals surface area contributed by atoms with E-state index in [1.54, 1.807) is 0 Å². The van der Waals surface area contributed by atoms with Crippen LogP contribution in [-0.2, 0) is 4.79 Å². The van der Waals surface area contributed by atoms with Gasteiger partial charge in [-0.05, 0) is 53.2 Å². The lowest BCUT2D eigenvalue weighted by Crippen LogP contribution is -2.30. The van der Waals surface area contributed by atoms with Gasteiger partial charge in [-0.2, -0.15) is 0 Å². The Morgan fingerprint density at radius 3 is 2.38 bits per heavy atom. The third kappa shape index (κ3) is 4.55. The molecule has 1 aromatic carbocycles. The van der Waals surface area contributed by atoms with Crippen molar-refractivity contribution in [1.29, 1.82) is 0 Å². The standard InChI is InChI=1S/C28H40N2O2/c1-10-28(6,7)21-11-20(15-31)26-24(14-21)25(29-16-30(8)9)23-13-19(17(2)3)12-22(18(4)5)27(23)32-26/h12-13,15-18,21H,10-11,14H2,1-9H3. The number of hydrogen-bond donors (Lipinski definition) is 0. The van der Waals surface area contributed by atoms with E-state index < -0.39 is 0 Å². The predicted octanol–water partition coefficient (Wildman–Crippen LogP) is 6.93. The molecule has 1 atom stereocenters. The second kappa shape index (κ2) is 9.25. The van der Waals surface area contributed by atoms with Crippen molar-refractivity contribution < 1.29 is 9.53 Å². The molecule has 1 unspecified atom stereocenters. The van der Waals surface area contributed by atoms with Crippen LogP contribution in [-0.4, -0.2) is 31.6 Å².